The molecule has 2 rings (SSSR count). The van der Waals surface area contributed by atoms with Crippen molar-refractivity contribution in [1.82, 2.24) is 19.8 Å². The van der Waals surface area contributed by atoms with E-state index in [0.717, 1.165) is 4.57 Å². The number of benzene rings is 1. The van der Waals surface area contributed by atoms with E-state index in [1.54, 1.807) is 58.0 Å². The number of nitrogens with one attached hydrogen (secondary N) is 2. The van der Waals surface area contributed by atoms with Crippen molar-refractivity contribution in [2.45, 2.75) is 59.4 Å². The number of esters is 1. The third kappa shape index (κ3) is 8.43. The zero-order valence-corrected chi connectivity index (χ0v) is 20.6. The normalized spacial score (nSPS) is 11.9. The van der Waals surface area contributed by atoms with E-state index in [0.29, 0.717) is 5.56 Å². The van der Waals surface area contributed by atoms with Crippen LogP contribution in [0.5, 0.6) is 0 Å². The van der Waals surface area contributed by atoms with Crippen molar-refractivity contribution in [3.8, 4) is 0 Å². The second-order valence-corrected chi connectivity index (χ2v) is 8.80. The van der Waals surface area contributed by atoms with Crippen molar-refractivity contribution in [2.75, 3.05) is 13.2 Å². The van der Waals surface area contributed by atoms with E-state index >= 15 is 0 Å². The Morgan fingerprint density at radius 2 is 1.80 bits per heavy atom. The van der Waals surface area contributed by atoms with Gasteiger partial charge in [-0.1, -0.05) is 30.3 Å². The molecule has 0 saturated heterocycles. The maximum atomic E-state index is 13.4. The summed E-state index contributed by atoms with van der Waals surface area (Å²) in [5.74, 6) is -1.10. The number of hydrogen-bond donors (Lipinski definition) is 2. The van der Waals surface area contributed by atoms with E-state index in [1.807, 2.05) is 0 Å². The molecule has 2 amide bonds. The van der Waals surface area contributed by atoms with Crippen molar-refractivity contribution in [3.05, 3.63) is 68.5 Å². The van der Waals surface area contributed by atoms with E-state index in [9.17, 15) is 24.0 Å². The highest BCUT2D eigenvalue weighted by Crippen LogP contribution is 2.20. The minimum absolute atomic E-state index is 0.107. The van der Waals surface area contributed by atoms with Crippen LogP contribution in [0.2, 0.25) is 0 Å². The van der Waals surface area contributed by atoms with E-state index < -0.39 is 47.5 Å². The van der Waals surface area contributed by atoms with Crippen molar-refractivity contribution in [1.29, 1.82) is 0 Å². The molecule has 11 heteroatoms. The molecule has 0 fully saturated rings. The van der Waals surface area contributed by atoms with Gasteiger partial charge >= 0.3 is 17.8 Å². The number of aromatic amines is 1. The number of nitrogens with zero attached hydrogens (tertiary/aromatic N) is 2. The zero-order chi connectivity index (χ0) is 26.2. The molecule has 2 N–H and O–H groups in total. The molecule has 0 aliphatic carbocycles. The van der Waals surface area contributed by atoms with Gasteiger partial charge in [-0.25, -0.2) is 9.59 Å². The number of amides is 2. The lowest BCUT2D eigenvalue weighted by Gasteiger charge is -2.33. The topological polar surface area (TPSA) is 140 Å². The molecule has 0 aliphatic rings. The minimum atomic E-state index is -1.01. The van der Waals surface area contributed by atoms with Crippen LogP contribution in [0.25, 0.3) is 0 Å². The Morgan fingerprint density at radius 3 is 2.40 bits per heavy atom. The van der Waals surface area contributed by atoms with Crippen LogP contribution in [-0.4, -0.2) is 51.2 Å². The third-order valence-electron chi connectivity index (χ3n) is 4.76. The van der Waals surface area contributed by atoms with Gasteiger partial charge < -0.3 is 14.4 Å². The molecule has 1 atom stereocenters. The Labute approximate surface area is 203 Å². The first-order valence-corrected chi connectivity index (χ1v) is 11.2. The first-order chi connectivity index (χ1) is 16.4. The molecule has 0 saturated carbocycles. The first kappa shape index (κ1) is 27.4. The second kappa shape index (κ2) is 12.0. The Morgan fingerprint density at radius 1 is 1.14 bits per heavy atom. The summed E-state index contributed by atoms with van der Waals surface area (Å²) in [5, 5.41) is 2.69. The van der Waals surface area contributed by atoms with E-state index in [1.165, 1.54) is 18.0 Å². The lowest BCUT2D eigenvalue weighted by molar-refractivity contribution is -0.144. The molecular formula is C24H32N4O7. The van der Waals surface area contributed by atoms with Gasteiger partial charge in [0, 0.05) is 18.3 Å². The highest BCUT2D eigenvalue weighted by molar-refractivity contribution is 5.78. The van der Waals surface area contributed by atoms with Crippen LogP contribution in [-0.2, 0) is 25.6 Å². The van der Waals surface area contributed by atoms with Crippen molar-refractivity contribution >= 4 is 18.0 Å². The number of carbonyl (C=O) groups excluding carboxylic acids is 3. The lowest BCUT2D eigenvalue weighted by Crippen LogP contribution is -2.48. The molecule has 0 bridgehead atoms. The number of carbonyl (C=O) groups is 3. The Balaban J connectivity index is 2.44. The van der Waals surface area contributed by atoms with Crippen LogP contribution in [0.3, 0.4) is 0 Å². The van der Waals surface area contributed by atoms with E-state index in [2.05, 4.69) is 10.3 Å². The fraction of sp³-hybridized carbons (Fsp3) is 0.458. The van der Waals surface area contributed by atoms with Crippen LogP contribution >= 0.6 is 0 Å². The van der Waals surface area contributed by atoms with Crippen molar-refractivity contribution in [2.24, 2.45) is 0 Å². The molecule has 0 aliphatic heterocycles. The molecule has 35 heavy (non-hydrogen) atoms. The van der Waals surface area contributed by atoms with E-state index in [4.69, 9.17) is 9.47 Å². The molecule has 0 radical (unpaired) electrons. The standard InChI is InChI=1S/C24H32N4O7/c1-6-34-19(30)12-13-28(18(29)15-27-14-16(2)21(31)26-22(27)32)20(17-10-8-7-9-11-17)25-23(33)35-24(3,4)5/h7-11,14,20H,6,12-13,15H2,1-5H3,(H,25,33)(H,26,31,32). The van der Waals surface area contributed by atoms with Gasteiger partial charge in [0.05, 0.1) is 13.0 Å². The van der Waals surface area contributed by atoms with Gasteiger partial charge in [0.1, 0.15) is 18.3 Å². The minimum Gasteiger partial charge on any atom is -0.466 e. The predicted octanol–water partition coefficient (Wildman–Crippen LogP) is 1.85. The van der Waals surface area contributed by atoms with Gasteiger partial charge in [0.25, 0.3) is 5.56 Å². The molecule has 2 aromatic rings. The summed E-state index contributed by atoms with van der Waals surface area (Å²) in [6, 6.07) is 8.68. The second-order valence-electron chi connectivity index (χ2n) is 8.80. The maximum Gasteiger partial charge on any atom is 0.409 e. The number of hydrogen-bond acceptors (Lipinski definition) is 7. The monoisotopic (exact) mass is 488 g/mol. The van der Waals surface area contributed by atoms with Gasteiger partial charge in [-0.2, -0.15) is 0 Å². The van der Waals surface area contributed by atoms with Crippen LogP contribution < -0.4 is 16.6 Å². The van der Waals surface area contributed by atoms with Gasteiger partial charge in [-0.3, -0.25) is 29.3 Å². The smallest absolute Gasteiger partial charge is 0.409 e. The summed E-state index contributed by atoms with van der Waals surface area (Å²) in [7, 11) is 0. The fourth-order valence-electron chi connectivity index (χ4n) is 3.21. The van der Waals surface area contributed by atoms with E-state index in [-0.39, 0.29) is 25.1 Å². The summed E-state index contributed by atoms with van der Waals surface area (Å²) in [6.45, 7) is 7.94. The van der Waals surface area contributed by atoms with Gasteiger partial charge in [0.15, 0.2) is 0 Å². The molecule has 0 spiro atoms. The Hall–Kier alpha value is -3.89. The zero-order valence-electron chi connectivity index (χ0n) is 20.6. The van der Waals surface area contributed by atoms with Crippen LogP contribution in [0.4, 0.5) is 4.79 Å². The molecule has 1 aromatic heterocycles. The number of aryl methyl sites for hydroxylation is 1. The first-order valence-electron chi connectivity index (χ1n) is 11.2. The fourth-order valence-corrected chi connectivity index (χ4v) is 3.21. The summed E-state index contributed by atoms with van der Waals surface area (Å²) in [6.07, 6.45) is -0.634. The molecule has 1 aromatic carbocycles. The average molecular weight is 489 g/mol. The molecule has 11 nitrogen and oxygen atoms in total. The highest BCUT2D eigenvalue weighted by Gasteiger charge is 2.29. The van der Waals surface area contributed by atoms with Gasteiger partial charge in [-0.05, 0) is 40.2 Å². The number of ether oxygens (including phenoxy) is 2. The molecule has 190 valence electrons. The number of rotatable bonds is 9. The third-order valence-corrected chi connectivity index (χ3v) is 4.76. The summed E-state index contributed by atoms with van der Waals surface area (Å²) in [4.78, 5) is 65.5. The highest BCUT2D eigenvalue weighted by atomic mass is 16.6. The number of H-pyrrole nitrogens is 1. The largest absolute Gasteiger partial charge is 0.466 e. The maximum absolute atomic E-state index is 13.4. The van der Waals surface area contributed by atoms with Gasteiger partial charge in [0.2, 0.25) is 5.91 Å². The molecular weight excluding hydrogens is 456 g/mol. The molecule has 1 heterocycles. The summed E-state index contributed by atoms with van der Waals surface area (Å²) >= 11 is 0. The van der Waals surface area contributed by atoms with Crippen LogP contribution in [0.1, 0.15) is 51.4 Å². The number of aromatic nitrogens is 2. The lowest BCUT2D eigenvalue weighted by atomic mass is 10.1. The quantitative estimate of drug-likeness (QED) is 0.405. The average Bonchev–Trinajstić information content (AvgIpc) is 2.76. The van der Waals surface area contributed by atoms with Crippen molar-refractivity contribution < 1.29 is 23.9 Å². The summed E-state index contributed by atoms with van der Waals surface area (Å²) in [5.41, 5.74) is -1.28. The van der Waals surface area contributed by atoms with Crippen LogP contribution in [0, 0.1) is 6.92 Å². The van der Waals surface area contributed by atoms with Crippen molar-refractivity contribution in [3.63, 3.8) is 0 Å². The molecule has 1 unspecified atom stereocenters. The predicted molar refractivity (Wildman–Crippen MR) is 128 cm³/mol. The van der Waals surface area contributed by atoms with Crippen LogP contribution in [0.15, 0.2) is 46.1 Å². The van der Waals surface area contributed by atoms with Gasteiger partial charge in [-0.15, -0.1) is 0 Å². The Kier molecular flexibility index (Phi) is 9.38. The summed E-state index contributed by atoms with van der Waals surface area (Å²) < 4.78 is 11.4. The Bertz CT molecular complexity index is 1150. The SMILES string of the molecule is CCOC(=O)CCN(C(=O)Cn1cc(C)c(=O)[nH]c1=O)C(NC(=O)OC(C)(C)C)c1ccccc1. The number of alkyl carbamates (subject to hydrolysis) is 1.